The smallest absolute Gasteiger partial charge is 0.338 e. The highest BCUT2D eigenvalue weighted by Crippen LogP contribution is 2.36. The van der Waals surface area contributed by atoms with Gasteiger partial charge in [-0.25, -0.2) is 28.2 Å². The molecule has 1 atom stereocenters. The topological polar surface area (TPSA) is 140 Å². The number of hydrogen-bond acceptors (Lipinski definition) is 9. The Morgan fingerprint density at radius 1 is 1.25 bits per heavy atom. The van der Waals surface area contributed by atoms with Crippen molar-refractivity contribution in [3.8, 4) is 11.5 Å². The molecule has 0 spiro atoms. The van der Waals surface area contributed by atoms with Gasteiger partial charge in [0, 0.05) is 11.9 Å². The molecule has 168 valence electrons. The van der Waals surface area contributed by atoms with Crippen LogP contribution in [0.4, 0.5) is 5.69 Å². The summed E-state index contributed by atoms with van der Waals surface area (Å²) in [5.41, 5.74) is -0.196. The predicted molar refractivity (Wildman–Crippen MR) is 118 cm³/mol. The first-order valence-corrected chi connectivity index (χ1v) is 11.9. The number of sulfone groups is 1. The van der Waals surface area contributed by atoms with Crippen molar-refractivity contribution in [2.45, 2.75) is 38.3 Å². The Morgan fingerprint density at radius 2 is 2.06 bits per heavy atom. The van der Waals surface area contributed by atoms with Gasteiger partial charge in [-0.3, -0.25) is 5.10 Å². The van der Waals surface area contributed by atoms with Gasteiger partial charge in [-0.15, -0.1) is 0 Å². The van der Waals surface area contributed by atoms with Crippen molar-refractivity contribution in [2.24, 2.45) is 0 Å². The molecule has 32 heavy (non-hydrogen) atoms. The highest BCUT2D eigenvalue weighted by atomic mass is 32.2. The van der Waals surface area contributed by atoms with Crippen molar-refractivity contribution in [2.75, 3.05) is 16.8 Å². The summed E-state index contributed by atoms with van der Waals surface area (Å²) < 4.78 is 30.3. The Bertz CT molecular complexity index is 1240. The summed E-state index contributed by atoms with van der Waals surface area (Å²) in [5.74, 6) is 0.120. The molecule has 1 saturated heterocycles. The largest absolute Gasteiger partial charge is 0.456 e. The number of aromatic amines is 1. The van der Waals surface area contributed by atoms with E-state index in [9.17, 15) is 13.2 Å². The second-order valence-electron chi connectivity index (χ2n) is 8.73. The van der Waals surface area contributed by atoms with Crippen molar-refractivity contribution >= 4 is 21.5 Å². The fraction of sp³-hybridized carbons (Fsp3) is 0.381. The van der Waals surface area contributed by atoms with Crippen LogP contribution in [0.25, 0.3) is 11.5 Å². The number of nitrogens with zero attached hydrogens (tertiary/aromatic N) is 4. The third kappa shape index (κ3) is 4.77. The van der Waals surface area contributed by atoms with Crippen LogP contribution >= 0.6 is 0 Å². The van der Waals surface area contributed by atoms with Crippen LogP contribution in [0.2, 0.25) is 0 Å². The highest BCUT2D eigenvalue weighted by Gasteiger charge is 2.46. The first kappa shape index (κ1) is 21.9. The molecule has 2 aromatic heterocycles. The van der Waals surface area contributed by atoms with E-state index >= 15 is 0 Å². The summed E-state index contributed by atoms with van der Waals surface area (Å²) in [6.45, 7) is 5.39. The Balaban J connectivity index is 1.67. The molecule has 0 saturated carbocycles. The number of aromatic nitrogens is 5. The lowest BCUT2D eigenvalue weighted by Gasteiger charge is -2.28. The molecule has 1 fully saturated rings. The van der Waals surface area contributed by atoms with Crippen molar-refractivity contribution < 1.29 is 17.9 Å². The zero-order valence-electron chi connectivity index (χ0n) is 18.0. The number of benzene rings is 1. The van der Waals surface area contributed by atoms with Gasteiger partial charge < -0.3 is 10.1 Å². The van der Waals surface area contributed by atoms with E-state index in [4.69, 9.17) is 4.74 Å². The SMILES string of the molecule is CC(C)(C)OC(=O)c1cccc(N[C@@]2(c3nc(-c4ccncn4)n[nH]3)CCS(=O)(=O)C2)c1. The molecule has 0 amide bonds. The lowest BCUT2D eigenvalue weighted by Crippen LogP contribution is -2.38. The Kier molecular flexibility index (Phi) is 5.45. The predicted octanol–water partition coefficient (Wildman–Crippen LogP) is 2.34. The number of hydrogen-bond donors (Lipinski definition) is 2. The van der Waals surface area contributed by atoms with Crippen LogP contribution in [0.15, 0.2) is 42.9 Å². The van der Waals surface area contributed by atoms with E-state index in [-0.39, 0.29) is 11.5 Å². The van der Waals surface area contributed by atoms with Gasteiger partial charge in [-0.2, -0.15) is 5.10 Å². The minimum atomic E-state index is -3.30. The molecule has 0 radical (unpaired) electrons. The van der Waals surface area contributed by atoms with Crippen molar-refractivity contribution in [1.29, 1.82) is 0 Å². The van der Waals surface area contributed by atoms with E-state index < -0.39 is 26.9 Å². The van der Waals surface area contributed by atoms with Crippen LogP contribution in [-0.4, -0.2) is 56.6 Å². The van der Waals surface area contributed by atoms with Crippen LogP contribution in [-0.2, 0) is 20.1 Å². The summed E-state index contributed by atoms with van der Waals surface area (Å²) >= 11 is 0. The Hall–Kier alpha value is -3.34. The van der Waals surface area contributed by atoms with Gasteiger partial charge in [0.2, 0.25) is 0 Å². The average Bonchev–Trinajstić information content (AvgIpc) is 3.33. The molecule has 0 bridgehead atoms. The van der Waals surface area contributed by atoms with Gasteiger partial charge in [-0.05, 0) is 51.5 Å². The van der Waals surface area contributed by atoms with Gasteiger partial charge in [0.1, 0.15) is 23.2 Å². The number of ether oxygens (including phenoxy) is 1. The van der Waals surface area contributed by atoms with Crippen LogP contribution in [0.3, 0.4) is 0 Å². The summed E-state index contributed by atoms with van der Waals surface area (Å²) in [6.07, 6.45) is 3.26. The maximum absolute atomic E-state index is 12.5. The second-order valence-corrected chi connectivity index (χ2v) is 10.9. The second kappa shape index (κ2) is 7.97. The molecule has 3 heterocycles. The van der Waals surface area contributed by atoms with Crippen molar-refractivity contribution in [1.82, 2.24) is 25.1 Å². The maximum Gasteiger partial charge on any atom is 0.338 e. The normalized spacial score (nSPS) is 20.1. The van der Waals surface area contributed by atoms with Gasteiger partial charge in [-0.1, -0.05) is 6.07 Å². The highest BCUT2D eigenvalue weighted by molar-refractivity contribution is 7.91. The summed E-state index contributed by atoms with van der Waals surface area (Å²) in [6, 6.07) is 8.44. The molecular weight excluding hydrogens is 432 g/mol. The monoisotopic (exact) mass is 456 g/mol. The lowest BCUT2D eigenvalue weighted by atomic mass is 9.97. The Labute approximate surface area is 185 Å². The third-order valence-corrected chi connectivity index (χ3v) is 6.70. The van der Waals surface area contributed by atoms with Crippen LogP contribution in [0.1, 0.15) is 43.4 Å². The minimum Gasteiger partial charge on any atom is -0.456 e. The molecular formula is C21H24N6O4S. The van der Waals surface area contributed by atoms with E-state index in [1.807, 2.05) is 0 Å². The van der Waals surface area contributed by atoms with Crippen LogP contribution < -0.4 is 5.32 Å². The van der Waals surface area contributed by atoms with Gasteiger partial charge >= 0.3 is 5.97 Å². The number of anilines is 1. The van der Waals surface area contributed by atoms with E-state index in [0.717, 1.165) is 0 Å². The van der Waals surface area contributed by atoms with E-state index in [1.165, 1.54) is 6.33 Å². The molecule has 1 aliphatic rings. The number of carbonyl (C=O) groups is 1. The summed E-state index contributed by atoms with van der Waals surface area (Å²) in [5, 5.41) is 10.4. The zero-order chi connectivity index (χ0) is 23.0. The van der Waals surface area contributed by atoms with Crippen molar-refractivity contribution in [3.63, 3.8) is 0 Å². The van der Waals surface area contributed by atoms with Gasteiger partial charge in [0.05, 0.1) is 17.1 Å². The zero-order valence-corrected chi connectivity index (χ0v) is 18.8. The molecule has 3 aromatic rings. The fourth-order valence-electron chi connectivity index (χ4n) is 3.54. The summed E-state index contributed by atoms with van der Waals surface area (Å²) in [7, 11) is -3.30. The average molecular weight is 457 g/mol. The van der Waals surface area contributed by atoms with E-state index in [1.54, 1.807) is 57.3 Å². The number of nitrogens with one attached hydrogen (secondary N) is 2. The summed E-state index contributed by atoms with van der Waals surface area (Å²) in [4.78, 5) is 25.0. The molecule has 1 aromatic carbocycles. The third-order valence-electron chi connectivity index (χ3n) is 4.94. The molecule has 1 aliphatic heterocycles. The standard InChI is InChI=1S/C21H24N6O4S/c1-20(2,3)31-18(28)14-5-4-6-15(11-14)25-21(8-10-32(29,30)12-21)19-24-17(26-27-19)16-7-9-22-13-23-16/h4-7,9,11,13,25H,8,10,12H2,1-3H3,(H,24,26,27)/t21-/m0/s1. The number of esters is 1. The number of carbonyl (C=O) groups excluding carboxylic acids is 1. The molecule has 0 unspecified atom stereocenters. The quantitative estimate of drug-likeness (QED) is 0.554. The van der Waals surface area contributed by atoms with Crippen molar-refractivity contribution in [3.05, 3.63) is 54.2 Å². The van der Waals surface area contributed by atoms with Gasteiger partial charge in [0.15, 0.2) is 21.5 Å². The van der Waals surface area contributed by atoms with E-state index in [0.29, 0.717) is 35.0 Å². The molecule has 2 N–H and O–H groups in total. The van der Waals surface area contributed by atoms with Gasteiger partial charge in [0.25, 0.3) is 0 Å². The molecule has 10 nitrogen and oxygen atoms in total. The lowest BCUT2D eigenvalue weighted by molar-refractivity contribution is 0.00695. The molecule has 11 heteroatoms. The molecule has 0 aliphatic carbocycles. The van der Waals surface area contributed by atoms with E-state index in [2.05, 4.69) is 30.5 Å². The number of H-pyrrole nitrogens is 1. The fourth-order valence-corrected chi connectivity index (χ4v) is 5.45. The van der Waals surface area contributed by atoms with Crippen LogP contribution in [0.5, 0.6) is 0 Å². The maximum atomic E-state index is 12.5. The first-order valence-electron chi connectivity index (χ1n) is 10.1. The Morgan fingerprint density at radius 3 is 2.72 bits per heavy atom. The van der Waals surface area contributed by atoms with Crippen LogP contribution in [0, 0.1) is 0 Å². The minimum absolute atomic E-state index is 0.00922. The first-order chi connectivity index (χ1) is 15.1. The molecule has 4 rings (SSSR count). The number of rotatable bonds is 5.